The highest BCUT2D eigenvalue weighted by Gasteiger charge is 2.22. The first-order valence-corrected chi connectivity index (χ1v) is 8.39. The number of piperidine rings is 1. The number of aromatic nitrogens is 1. The summed E-state index contributed by atoms with van der Waals surface area (Å²) in [7, 11) is 0. The van der Waals surface area contributed by atoms with Gasteiger partial charge in [0, 0.05) is 13.1 Å². The van der Waals surface area contributed by atoms with Crippen molar-refractivity contribution in [3.05, 3.63) is 70.3 Å². The van der Waals surface area contributed by atoms with Crippen molar-refractivity contribution in [1.29, 1.82) is 0 Å². The van der Waals surface area contributed by atoms with Gasteiger partial charge in [0.25, 0.3) is 5.91 Å². The molecule has 6 heteroatoms. The molecule has 5 nitrogen and oxygen atoms in total. The first-order chi connectivity index (χ1) is 12.4. The van der Waals surface area contributed by atoms with Gasteiger partial charge in [-0.3, -0.25) is 4.79 Å². The highest BCUT2D eigenvalue weighted by Crippen LogP contribution is 2.21. The van der Waals surface area contributed by atoms with Gasteiger partial charge in [0.15, 0.2) is 0 Å². The van der Waals surface area contributed by atoms with Crippen molar-refractivity contribution in [1.82, 2.24) is 9.88 Å². The number of carbonyl (C=O) groups is 2. The molecular weight excluding hydrogens is 335 g/mol. The molecule has 134 valence electrons. The van der Waals surface area contributed by atoms with Crippen molar-refractivity contribution >= 4 is 18.0 Å². The van der Waals surface area contributed by atoms with Crippen LogP contribution in [0.15, 0.2) is 42.0 Å². The first kappa shape index (κ1) is 17.8. The van der Waals surface area contributed by atoms with Crippen LogP contribution in [0.3, 0.4) is 0 Å². The Kier molecular flexibility index (Phi) is 5.11. The van der Waals surface area contributed by atoms with Crippen LogP contribution in [0.5, 0.6) is 0 Å². The van der Waals surface area contributed by atoms with Crippen LogP contribution in [0.1, 0.15) is 44.9 Å². The predicted molar refractivity (Wildman–Crippen MR) is 95.4 cm³/mol. The molecule has 1 aliphatic rings. The molecule has 3 rings (SSSR count). The zero-order chi connectivity index (χ0) is 18.7. The molecule has 0 radical (unpaired) electrons. The Labute approximate surface area is 150 Å². The first-order valence-electron chi connectivity index (χ1n) is 8.39. The topological polar surface area (TPSA) is 70.5 Å². The second-order valence-electron chi connectivity index (χ2n) is 6.28. The van der Waals surface area contributed by atoms with Gasteiger partial charge in [-0.15, -0.1) is 0 Å². The van der Waals surface area contributed by atoms with Gasteiger partial charge in [0.1, 0.15) is 11.5 Å². The lowest BCUT2D eigenvalue weighted by Crippen LogP contribution is -2.36. The molecule has 1 N–H and O–H groups in total. The van der Waals surface area contributed by atoms with Crippen molar-refractivity contribution in [2.24, 2.45) is 0 Å². The molecule has 0 spiro atoms. The summed E-state index contributed by atoms with van der Waals surface area (Å²) in [6.07, 6.45) is 3.40. The second kappa shape index (κ2) is 7.47. The van der Waals surface area contributed by atoms with Gasteiger partial charge in [0.05, 0.1) is 11.3 Å². The quantitative estimate of drug-likeness (QED) is 0.915. The Bertz CT molecular complexity index is 882. The van der Waals surface area contributed by atoms with Crippen LogP contribution in [-0.2, 0) is 0 Å². The Balaban J connectivity index is 1.67. The van der Waals surface area contributed by atoms with Crippen LogP contribution in [0.25, 0.3) is 6.08 Å². The SMILES string of the molecule is Cc1nc(C(=O)N2CCC(=Cc3cccc(F)c3)CC2)ccc1C(=O)O. The fourth-order valence-electron chi connectivity index (χ4n) is 3.04. The van der Waals surface area contributed by atoms with Crippen molar-refractivity contribution in [3.63, 3.8) is 0 Å². The van der Waals surface area contributed by atoms with E-state index in [2.05, 4.69) is 4.98 Å². The second-order valence-corrected chi connectivity index (χ2v) is 6.28. The van der Waals surface area contributed by atoms with E-state index in [0.717, 1.165) is 5.56 Å². The van der Waals surface area contributed by atoms with Gasteiger partial charge in [-0.2, -0.15) is 0 Å². The molecule has 1 fully saturated rings. The van der Waals surface area contributed by atoms with E-state index in [0.29, 0.717) is 31.6 Å². The molecule has 1 amide bonds. The average Bonchev–Trinajstić information content (AvgIpc) is 2.61. The summed E-state index contributed by atoms with van der Waals surface area (Å²) in [5.74, 6) is -1.52. The van der Waals surface area contributed by atoms with Crippen molar-refractivity contribution in [3.8, 4) is 0 Å². The fraction of sp³-hybridized carbons (Fsp3) is 0.250. The van der Waals surface area contributed by atoms with Crippen LogP contribution >= 0.6 is 0 Å². The minimum Gasteiger partial charge on any atom is -0.478 e. The number of hydrogen-bond donors (Lipinski definition) is 1. The zero-order valence-electron chi connectivity index (χ0n) is 14.4. The third-order valence-electron chi connectivity index (χ3n) is 4.45. The molecule has 1 saturated heterocycles. The monoisotopic (exact) mass is 354 g/mol. The summed E-state index contributed by atoms with van der Waals surface area (Å²) in [5, 5.41) is 9.05. The van der Waals surface area contributed by atoms with E-state index in [1.54, 1.807) is 17.9 Å². The Morgan fingerprint density at radius 1 is 1.19 bits per heavy atom. The molecule has 0 saturated carbocycles. The van der Waals surface area contributed by atoms with E-state index in [1.165, 1.54) is 29.8 Å². The number of benzene rings is 1. The lowest BCUT2D eigenvalue weighted by atomic mass is 10.0. The Morgan fingerprint density at radius 3 is 2.54 bits per heavy atom. The number of halogens is 1. The fourth-order valence-corrected chi connectivity index (χ4v) is 3.04. The highest BCUT2D eigenvalue weighted by atomic mass is 19.1. The van der Waals surface area contributed by atoms with Crippen molar-refractivity contribution in [2.75, 3.05) is 13.1 Å². The summed E-state index contributed by atoms with van der Waals surface area (Å²) in [5.41, 5.74) is 2.67. The lowest BCUT2D eigenvalue weighted by Gasteiger charge is -2.28. The number of rotatable bonds is 3. The number of carboxylic acids is 1. The van der Waals surface area contributed by atoms with Crippen LogP contribution in [0, 0.1) is 12.7 Å². The van der Waals surface area contributed by atoms with Crippen LogP contribution in [0.4, 0.5) is 4.39 Å². The van der Waals surface area contributed by atoms with E-state index < -0.39 is 5.97 Å². The van der Waals surface area contributed by atoms with E-state index in [1.807, 2.05) is 12.1 Å². The predicted octanol–water partition coefficient (Wildman–Crippen LogP) is 3.55. The summed E-state index contributed by atoms with van der Waals surface area (Å²) >= 11 is 0. The van der Waals surface area contributed by atoms with E-state index in [9.17, 15) is 14.0 Å². The standard InChI is InChI=1S/C20H19FN2O3/c1-13-17(20(25)26)5-6-18(22-13)19(24)23-9-7-14(8-10-23)11-15-3-2-4-16(21)12-15/h2-6,11-12H,7-10H2,1H3,(H,25,26). The number of amides is 1. The number of aromatic carboxylic acids is 1. The Hall–Kier alpha value is -3.02. The average molecular weight is 354 g/mol. The number of nitrogens with zero attached hydrogens (tertiary/aromatic N) is 2. The third-order valence-corrected chi connectivity index (χ3v) is 4.45. The Morgan fingerprint density at radius 2 is 1.92 bits per heavy atom. The maximum atomic E-state index is 13.3. The van der Waals surface area contributed by atoms with Crippen molar-refractivity contribution in [2.45, 2.75) is 19.8 Å². The van der Waals surface area contributed by atoms with Gasteiger partial charge < -0.3 is 10.0 Å². The van der Waals surface area contributed by atoms with Crippen LogP contribution < -0.4 is 0 Å². The molecule has 0 aliphatic carbocycles. The molecular formula is C20H19FN2O3. The van der Waals surface area contributed by atoms with Crippen LogP contribution in [0.2, 0.25) is 0 Å². The molecule has 1 aliphatic heterocycles. The zero-order valence-corrected chi connectivity index (χ0v) is 14.4. The molecule has 2 heterocycles. The number of carbonyl (C=O) groups excluding carboxylic acids is 1. The lowest BCUT2D eigenvalue weighted by molar-refractivity contribution is 0.0690. The molecule has 1 aromatic heterocycles. The molecule has 0 atom stereocenters. The number of carboxylic acid groups (broad SMARTS) is 1. The highest BCUT2D eigenvalue weighted by molar-refractivity contribution is 5.94. The van der Waals surface area contributed by atoms with Gasteiger partial charge >= 0.3 is 5.97 Å². The molecule has 26 heavy (non-hydrogen) atoms. The summed E-state index contributed by atoms with van der Waals surface area (Å²) < 4.78 is 13.3. The van der Waals surface area contributed by atoms with E-state index >= 15 is 0 Å². The summed E-state index contributed by atoms with van der Waals surface area (Å²) in [6, 6.07) is 9.29. The number of pyridine rings is 1. The van der Waals surface area contributed by atoms with E-state index in [-0.39, 0.29) is 23.0 Å². The number of hydrogen-bond acceptors (Lipinski definition) is 3. The van der Waals surface area contributed by atoms with Gasteiger partial charge in [-0.25, -0.2) is 14.2 Å². The van der Waals surface area contributed by atoms with Gasteiger partial charge in [-0.1, -0.05) is 23.8 Å². The normalized spacial score (nSPS) is 14.2. The van der Waals surface area contributed by atoms with Crippen molar-refractivity contribution < 1.29 is 19.1 Å². The molecule has 2 aromatic rings. The molecule has 0 bridgehead atoms. The maximum absolute atomic E-state index is 13.3. The molecule has 0 unspecified atom stereocenters. The summed E-state index contributed by atoms with van der Waals surface area (Å²) in [6.45, 7) is 2.69. The molecule has 1 aromatic carbocycles. The minimum atomic E-state index is -1.06. The third kappa shape index (κ3) is 3.96. The smallest absolute Gasteiger partial charge is 0.337 e. The van der Waals surface area contributed by atoms with Gasteiger partial charge in [0.2, 0.25) is 0 Å². The van der Waals surface area contributed by atoms with E-state index in [4.69, 9.17) is 5.11 Å². The largest absolute Gasteiger partial charge is 0.478 e. The summed E-state index contributed by atoms with van der Waals surface area (Å²) in [4.78, 5) is 29.5. The van der Waals surface area contributed by atoms with Crippen LogP contribution in [-0.4, -0.2) is 40.0 Å². The van der Waals surface area contributed by atoms with Gasteiger partial charge in [-0.05, 0) is 49.6 Å². The minimum absolute atomic E-state index is 0.0977. The number of aryl methyl sites for hydroxylation is 1. The maximum Gasteiger partial charge on any atom is 0.337 e. The number of likely N-dealkylation sites (tertiary alicyclic amines) is 1.